The molecular weight excluding hydrogens is 278 g/mol. The number of benzene rings is 1. The van der Waals surface area contributed by atoms with Gasteiger partial charge in [-0.05, 0) is 38.0 Å². The maximum atomic E-state index is 9.24. The second kappa shape index (κ2) is 7.72. The van der Waals surface area contributed by atoms with Crippen molar-refractivity contribution in [1.29, 1.82) is 0 Å². The number of hydrogen-bond acceptors (Lipinski definition) is 4. The molecule has 1 aromatic carbocycles. The van der Waals surface area contributed by atoms with Gasteiger partial charge >= 0.3 is 0 Å². The van der Waals surface area contributed by atoms with Crippen molar-refractivity contribution < 1.29 is 14.6 Å². The summed E-state index contributed by atoms with van der Waals surface area (Å²) in [5, 5.41) is 13.0. The average molecular weight is 302 g/mol. The topological polar surface area (TPSA) is 50.7 Å². The van der Waals surface area contributed by atoms with Crippen molar-refractivity contribution in [3.8, 4) is 11.5 Å². The van der Waals surface area contributed by atoms with E-state index in [1.54, 1.807) is 7.11 Å². The number of methoxy groups -OCH3 is 1. The summed E-state index contributed by atoms with van der Waals surface area (Å²) in [5.74, 6) is 1.21. The van der Waals surface area contributed by atoms with E-state index < -0.39 is 0 Å². The van der Waals surface area contributed by atoms with Crippen LogP contribution in [0.4, 0.5) is 0 Å². The number of aliphatic hydroxyl groups excluding tert-OH is 1. The van der Waals surface area contributed by atoms with Gasteiger partial charge in [0, 0.05) is 12.1 Å². The zero-order valence-electron chi connectivity index (χ0n) is 12.6. The van der Waals surface area contributed by atoms with Crippen LogP contribution in [0.5, 0.6) is 11.5 Å². The van der Waals surface area contributed by atoms with Crippen LogP contribution in [0.25, 0.3) is 0 Å². The Kier molecular flexibility index (Phi) is 6.59. The maximum absolute atomic E-state index is 9.24. The summed E-state index contributed by atoms with van der Waals surface area (Å²) >= 11 is 6.25. The first kappa shape index (κ1) is 17.1. The van der Waals surface area contributed by atoms with Gasteiger partial charge in [0.25, 0.3) is 0 Å². The fourth-order valence-electron chi connectivity index (χ4n) is 1.62. The normalized spacial score (nSPS) is 11.5. The number of ether oxygens (including phenoxy) is 2. The van der Waals surface area contributed by atoms with Gasteiger partial charge in [0.15, 0.2) is 11.5 Å². The molecule has 0 aliphatic carbocycles. The fraction of sp³-hybridized carbons (Fsp3) is 0.600. The molecule has 0 spiro atoms. The zero-order chi connectivity index (χ0) is 15.2. The highest BCUT2D eigenvalue weighted by Crippen LogP contribution is 2.36. The standard InChI is InChI=1S/C15H24ClNO3/c1-5-6-20-14-12(16)7-11(8-13(14)19-4)9-17-15(2,3)10-18/h7-8,17-18H,5-6,9-10H2,1-4H3. The van der Waals surface area contributed by atoms with Crippen molar-refractivity contribution in [2.24, 2.45) is 0 Å². The lowest BCUT2D eigenvalue weighted by molar-refractivity contribution is 0.187. The Morgan fingerprint density at radius 1 is 1.35 bits per heavy atom. The second-order valence-electron chi connectivity index (χ2n) is 5.35. The second-order valence-corrected chi connectivity index (χ2v) is 5.76. The van der Waals surface area contributed by atoms with Gasteiger partial charge in [0.2, 0.25) is 0 Å². The summed E-state index contributed by atoms with van der Waals surface area (Å²) in [4.78, 5) is 0. The van der Waals surface area contributed by atoms with E-state index in [2.05, 4.69) is 5.32 Å². The van der Waals surface area contributed by atoms with Crippen molar-refractivity contribution in [3.63, 3.8) is 0 Å². The smallest absolute Gasteiger partial charge is 0.179 e. The van der Waals surface area contributed by atoms with Crippen LogP contribution in [0.1, 0.15) is 32.8 Å². The summed E-state index contributed by atoms with van der Waals surface area (Å²) in [6.07, 6.45) is 0.910. The van der Waals surface area contributed by atoms with Gasteiger partial charge in [-0.1, -0.05) is 18.5 Å². The van der Waals surface area contributed by atoms with Gasteiger partial charge in [-0.3, -0.25) is 0 Å². The largest absolute Gasteiger partial charge is 0.493 e. The summed E-state index contributed by atoms with van der Waals surface area (Å²) in [6, 6.07) is 3.76. The van der Waals surface area contributed by atoms with Gasteiger partial charge in [0.1, 0.15) is 0 Å². The molecule has 0 aliphatic rings. The van der Waals surface area contributed by atoms with E-state index in [-0.39, 0.29) is 12.1 Å². The Hall–Kier alpha value is -0.970. The van der Waals surface area contributed by atoms with E-state index in [1.165, 1.54) is 0 Å². The highest BCUT2D eigenvalue weighted by atomic mass is 35.5. The highest BCUT2D eigenvalue weighted by Gasteiger charge is 2.17. The molecule has 0 bridgehead atoms. The maximum Gasteiger partial charge on any atom is 0.179 e. The van der Waals surface area contributed by atoms with E-state index in [4.69, 9.17) is 21.1 Å². The average Bonchev–Trinajstić information content (AvgIpc) is 2.43. The first-order valence-electron chi connectivity index (χ1n) is 6.78. The van der Waals surface area contributed by atoms with Crippen LogP contribution in [0, 0.1) is 0 Å². The van der Waals surface area contributed by atoms with E-state index in [0.29, 0.717) is 29.7 Å². The molecule has 1 aromatic rings. The third-order valence-corrected chi connectivity index (χ3v) is 3.19. The molecule has 114 valence electrons. The van der Waals surface area contributed by atoms with Gasteiger partial charge in [-0.25, -0.2) is 0 Å². The van der Waals surface area contributed by atoms with Crippen molar-refractivity contribution in [2.75, 3.05) is 20.3 Å². The molecule has 4 nitrogen and oxygen atoms in total. The number of hydrogen-bond donors (Lipinski definition) is 2. The minimum Gasteiger partial charge on any atom is -0.493 e. The fourth-order valence-corrected chi connectivity index (χ4v) is 1.90. The number of nitrogens with one attached hydrogen (secondary N) is 1. The van der Waals surface area contributed by atoms with Gasteiger partial charge in [-0.2, -0.15) is 0 Å². The lowest BCUT2D eigenvalue weighted by Gasteiger charge is -2.24. The lowest BCUT2D eigenvalue weighted by Crippen LogP contribution is -2.42. The minimum atomic E-state index is -0.336. The molecule has 0 saturated heterocycles. The number of aliphatic hydroxyl groups is 1. The van der Waals surface area contributed by atoms with Crippen molar-refractivity contribution in [1.82, 2.24) is 5.32 Å². The van der Waals surface area contributed by atoms with E-state index in [1.807, 2.05) is 32.9 Å². The number of rotatable bonds is 8. The SMILES string of the molecule is CCCOc1c(Cl)cc(CNC(C)(C)CO)cc1OC. The summed E-state index contributed by atoms with van der Waals surface area (Å²) in [7, 11) is 1.60. The zero-order valence-corrected chi connectivity index (χ0v) is 13.4. The van der Waals surface area contributed by atoms with Crippen LogP contribution >= 0.6 is 11.6 Å². The third-order valence-electron chi connectivity index (χ3n) is 2.91. The molecule has 0 unspecified atom stereocenters. The Labute approximate surface area is 126 Å². The van der Waals surface area contributed by atoms with Crippen LogP contribution < -0.4 is 14.8 Å². The molecule has 0 radical (unpaired) electrons. The minimum absolute atomic E-state index is 0.0650. The highest BCUT2D eigenvalue weighted by molar-refractivity contribution is 6.32. The van der Waals surface area contributed by atoms with Crippen LogP contribution in [-0.4, -0.2) is 31.0 Å². The molecule has 0 amide bonds. The Bertz CT molecular complexity index is 435. The molecule has 1 rings (SSSR count). The summed E-state index contributed by atoms with van der Waals surface area (Å²) < 4.78 is 10.9. The Morgan fingerprint density at radius 2 is 2.05 bits per heavy atom. The third kappa shape index (κ3) is 4.85. The predicted molar refractivity (Wildman–Crippen MR) is 81.8 cm³/mol. The number of halogens is 1. The lowest BCUT2D eigenvalue weighted by atomic mass is 10.1. The van der Waals surface area contributed by atoms with E-state index >= 15 is 0 Å². The molecule has 0 aliphatic heterocycles. The molecule has 0 atom stereocenters. The molecule has 0 aromatic heterocycles. The molecular formula is C15H24ClNO3. The van der Waals surface area contributed by atoms with E-state index in [9.17, 15) is 5.11 Å². The summed E-state index contributed by atoms with van der Waals surface area (Å²) in [5.41, 5.74) is 0.647. The molecule has 0 heterocycles. The molecule has 0 fully saturated rings. The molecule has 5 heteroatoms. The molecule has 0 saturated carbocycles. The predicted octanol–water partition coefficient (Wildman–Crippen LogP) is 3.00. The first-order chi connectivity index (χ1) is 9.43. The quantitative estimate of drug-likeness (QED) is 0.775. The van der Waals surface area contributed by atoms with Crippen LogP contribution in [0.15, 0.2) is 12.1 Å². The summed E-state index contributed by atoms with van der Waals surface area (Å²) in [6.45, 7) is 7.17. The Morgan fingerprint density at radius 3 is 2.60 bits per heavy atom. The Balaban J connectivity index is 2.87. The van der Waals surface area contributed by atoms with Crippen molar-refractivity contribution in [3.05, 3.63) is 22.7 Å². The monoisotopic (exact) mass is 301 g/mol. The molecule has 2 N–H and O–H groups in total. The van der Waals surface area contributed by atoms with Crippen molar-refractivity contribution in [2.45, 2.75) is 39.3 Å². The van der Waals surface area contributed by atoms with Gasteiger partial charge in [0.05, 0.1) is 25.3 Å². The van der Waals surface area contributed by atoms with Crippen LogP contribution in [0.3, 0.4) is 0 Å². The first-order valence-corrected chi connectivity index (χ1v) is 7.16. The van der Waals surface area contributed by atoms with Crippen LogP contribution in [-0.2, 0) is 6.54 Å². The van der Waals surface area contributed by atoms with Crippen molar-refractivity contribution >= 4 is 11.6 Å². The van der Waals surface area contributed by atoms with Gasteiger partial charge < -0.3 is 19.9 Å². The molecule has 20 heavy (non-hydrogen) atoms. The van der Waals surface area contributed by atoms with Gasteiger partial charge in [-0.15, -0.1) is 0 Å². The van der Waals surface area contributed by atoms with E-state index in [0.717, 1.165) is 12.0 Å². The van der Waals surface area contributed by atoms with Crippen LogP contribution in [0.2, 0.25) is 5.02 Å².